The van der Waals surface area contributed by atoms with Crippen molar-refractivity contribution in [3.05, 3.63) is 59.8 Å². The highest BCUT2D eigenvalue weighted by atomic mass is 32.1. The molecular weight excluding hydrogens is 433 g/mol. The summed E-state index contributed by atoms with van der Waals surface area (Å²) in [5, 5.41) is 6.07. The molecule has 1 saturated heterocycles. The third-order valence-electron chi connectivity index (χ3n) is 5.06. The Morgan fingerprint density at radius 3 is 2.50 bits per heavy atom. The lowest BCUT2D eigenvalue weighted by Crippen LogP contribution is -2.44. The molecule has 1 aliphatic rings. The van der Waals surface area contributed by atoms with Crippen molar-refractivity contribution in [2.24, 2.45) is 5.73 Å². The van der Waals surface area contributed by atoms with E-state index in [0.29, 0.717) is 11.3 Å². The van der Waals surface area contributed by atoms with Gasteiger partial charge in [0.05, 0.1) is 0 Å². The molecule has 2 amide bonds. The van der Waals surface area contributed by atoms with Gasteiger partial charge in [0, 0.05) is 55.4 Å². The van der Waals surface area contributed by atoms with Gasteiger partial charge < -0.3 is 26.2 Å². The van der Waals surface area contributed by atoms with E-state index < -0.39 is 11.9 Å². The van der Waals surface area contributed by atoms with E-state index >= 15 is 0 Å². The molecule has 166 valence electrons. The van der Waals surface area contributed by atoms with Crippen LogP contribution in [0.5, 0.6) is 0 Å². The standard InChI is InChI=1S/C21H22FN7O2S/c1-28-8-10-29(11-9-28)15-4-2-13(3-5-15)19(31)27-20-17(18(23)30)26-21(32-20)25-14-6-7-24-16(22)12-14/h2-7,12H,8-11H2,1H3,(H2,23,30)(H,27,31)(H,24,25,26). The molecule has 0 radical (unpaired) electrons. The van der Waals surface area contributed by atoms with Crippen LogP contribution in [0.15, 0.2) is 42.6 Å². The number of amides is 2. The van der Waals surface area contributed by atoms with E-state index in [1.807, 2.05) is 12.1 Å². The number of thiazole rings is 1. The number of hydrogen-bond acceptors (Lipinski definition) is 8. The fraction of sp³-hybridized carbons (Fsp3) is 0.238. The molecule has 0 bridgehead atoms. The first-order valence-corrected chi connectivity index (χ1v) is 10.7. The maximum absolute atomic E-state index is 13.3. The number of nitrogens with two attached hydrogens (primary N) is 1. The molecule has 1 aliphatic heterocycles. The number of likely N-dealkylation sites (N-methyl/N-ethyl adjacent to an activating group) is 1. The smallest absolute Gasteiger partial charge is 0.270 e. The number of pyridine rings is 1. The first kappa shape index (κ1) is 21.7. The van der Waals surface area contributed by atoms with Crippen molar-refractivity contribution in [3.63, 3.8) is 0 Å². The quantitative estimate of drug-likeness (QED) is 0.489. The van der Waals surface area contributed by atoms with Gasteiger partial charge in [0.2, 0.25) is 5.95 Å². The summed E-state index contributed by atoms with van der Waals surface area (Å²) >= 11 is 1.03. The molecule has 0 spiro atoms. The summed E-state index contributed by atoms with van der Waals surface area (Å²) in [5.41, 5.74) is 7.25. The number of carbonyl (C=O) groups is 2. The zero-order chi connectivity index (χ0) is 22.7. The third kappa shape index (κ3) is 5.01. The zero-order valence-corrected chi connectivity index (χ0v) is 18.2. The first-order valence-electron chi connectivity index (χ1n) is 9.93. The van der Waals surface area contributed by atoms with Crippen molar-refractivity contribution in [2.45, 2.75) is 0 Å². The average Bonchev–Trinajstić information content (AvgIpc) is 3.17. The number of halogens is 1. The maximum Gasteiger partial charge on any atom is 0.270 e. The average molecular weight is 456 g/mol. The van der Waals surface area contributed by atoms with Gasteiger partial charge in [0.1, 0.15) is 5.00 Å². The van der Waals surface area contributed by atoms with Crippen LogP contribution < -0.4 is 21.3 Å². The highest BCUT2D eigenvalue weighted by Crippen LogP contribution is 2.31. The van der Waals surface area contributed by atoms with Crippen LogP contribution in [0.1, 0.15) is 20.8 Å². The molecule has 0 unspecified atom stereocenters. The van der Waals surface area contributed by atoms with Gasteiger partial charge >= 0.3 is 0 Å². The van der Waals surface area contributed by atoms with E-state index in [1.54, 1.807) is 18.2 Å². The van der Waals surface area contributed by atoms with Crippen molar-refractivity contribution < 1.29 is 14.0 Å². The molecule has 1 fully saturated rings. The van der Waals surface area contributed by atoms with Gasteiger partial charge in [0.25, 0.3) is 11.8 Å². The Balaban J connectivity index is 1.47. The summed E-state index contributed by atoms with van der Waals surface area (Å²) in [4.78, 5) is 36.7. The minimum Gasteiger partial charge on any atom is -0.369 e. The van der Waals surface area contributed by atoms with Crippen LogP contribution in [0.2, 0.25) is 0 Å². The lowest BCUT2D eigenvalue weighted by Gasteiger charge is -2.34. The topological polar surface area (TPSA) is 116 Å². The van der Waals surface area contributed by atoms with E-state index in [-0.39, 0.29) is 21.7 Å². The van der Waals surface area contributed by atoms with Crippen molar-refractivity contribution >= 4 is 44.7 Å². The predicted octanol–water partition coefficient (Wildman–Crippen LogP) is 2.52. The number of rotatable bonds is 6. The van der Waals surface area contributed by atoms with Crippen LogP contribution >= 0.6 is 11.3 Å². The van der Waals surface area contributed by atoms with Crippen LogP contribution in [-0.4, -0.2) is 59.9 Å². The molecule has 11 heteroatoms. The van der Waals surface area contributed by atoms with Crippen LogP contribution in [0.3, 0.4) is 0 Å². The summed E-state index contributed by atoms with van der Waals surface area (Å²) in [6, 6.07) is 10.0. The van der Waals surface area contributed by atoms with Gasteiger partial charge in [0.15, 0.2) is 10.8 Å². The Kier molecular flexibility index (Phi) is 6.28. The van der Waals surface area contributed by atoms with E-state index in [1.165, 1.54) is 12.3 Å². The van der Waals surface area contributed by atoms with Gasteiger partial charge in [-0.1, -0.05) is 11.3 Å². The zero-order valence-electron chi connectivity index (χ0n) is 17.3. The number of primary amides is 1. The molecule has 9 nitrogen and oxygen atoms in total. The number of hydrogen-bond donors (Lipinski definition) is 3. The summed E-state index contributed by atoms with van der Waals surface area (Å²) in [6.45, 7) is 3.85. The summed E-state index contributed by atoms with van der Waals surface area (Å²) < 4.78 is 13.3. The highest BCUT2D eigenvalue weighted by molar-refractivity contribution is 7.20. The van der Waals surface area contributed by atoms with Gasteiger partial charge in [-0.15, -0.1) is 0 Å². The summed E-state index contributed by atoms with van der Waals surface area (Å²) in [6.07, 6.45) is 1.30. The molecule has 0 atom stereocenters. The second kappa shape index (κ2) is 9.28. The fourth-order valence-corrected chi connectivity index (χ4v) is 4.18. The highest BCUT2D eigenvalue weighted by Gasteiger charge is 2.20. The summed E-state index contributed by atoms with van der Waals surface area (Å²) in [5.74, 6) is -1.83. The number of piperazine rings is 1. The van der Waals surface area contributed by atoms with Crippen molar-refractivity contribution in [2.75, 3.05) is 48.8 Å². The molecule has 3 heterocycles. The third-order valence-corrected chi connectivity index (χ3v) is 5.95. The maximum atomic E-state index is 13.3. The largest absolute Gasteiger partial charge is 0.369 e. The molecule has 4 N–H and O–H groups in total. The molecule has 4 rings (SSSR count). The van der Waals surface area contributed by atoms with Gasteiger partial charge in [-0.25, -0.2) is 9.97 Å². The molecular formula is C21H22FN7O2S. The Morgan fingerprint density at radius 2 is 1.84 bits per heavy atom. The van der Waals surface area contributed by atoms with E-state index in [2.05, 4.69) is 37.4 Å². The Morgan fingerprint density at radius 1 is 1.12 bits per heavy atom. The van der Waals surface area contributed by atoms with Crippen LogP contribution in [-0.2, 0) is 0 Å². The normalized spacial score (nSPS) is 14.2. The molecule has 1 aromatic carbocycles. The molecule has 0 aliphatic carbocycles. The van der Waals surface area contributed by atoms with E-state index in [0.717, 1.165) is 43.2 Å². The van der Waals surface area contributed by atoms with Crippen LogP contribution in [0, 0.1) is 5.95 Å². The molecule has 0 saturated carbocycles. The molecule has 3 aromatic rings. The van der Waals surface area contributed by atoms with Crippen molar-refractivity contribution in [3.8, 4) is 0 Å². The fourth-order valence-electron chi connectivity index (χ4n) is 3.29. The number of anilines is 4. The lowest BCUT2D eigenvalue weighted by atomic mass is 10.1. The predicted molar refractivity (Wildman–Crippen MR) is 122 cm³/mol. The minimum absolute atomic E-state index is 0.0746. The lowest BCUT2D eigenvalue weighted by molar-refractivity contribution is 0.0997. The van der Waals surface area contributed by atoms with Gasteiger partial charge in [-0.3, -0.25) is 9.59 Å². The SMILES string of the molecule is CN1CCN(c2ccc(C(=O)Nc3sc(Nc4ccnc(F)c4)nc3C(N)=O)cc2)CC1. The molecule has 2 aromatic heterocycles. The summed E-state index contributed by atoms with van der Waals surface area (Å²) in [7, 11) is 2.10. The monoisotopic (exact) mass is 455 g/mol. The number of aromatic nitrogens is 2. The second-order valence-electron chi connectivity index (χ2n) is 7.34. The number of benzene rings is 1. The Labute approximate surface area is 188 Å². The van der Waals surface area contributed by atoms with Crippen molar-refractivity contribution in [1.29, 1.82) is 0 Å². The van der Waals surface area contributed by atoms with Crippen LogP contribution in [0.4, 0.5) is 25.9 Å². The number of nitrogens with zero attached hydrogens (tertiary/aromatic N) is 4. The van der Waals surface area contributed by atoms with Gasteiger partial charge in [-0.2, -0.15) is 4.39 Å². The second-order valence-corrected chi connectivity index (χ2v) is 8.34. The minimum atomic E-state index is -0.782. The van der Waals surface area contributed by atoms with E-state index in [4.69, 9.17) is 5.73 Å². The first-order chi connectivity index (χ1) is 15.4. The Hall–Kier alpha value is -3.57. The van der Waals surface area contributed by atoms with Crippen molar-refractivity contribution in [1.82, 2.24) is 14.9 Å². The van der Waals surface area contributed by atoms with E-state index in [9.17, 15) is 14.0 Å². The van der Waals surface area contributed by atoms with Crippen LogP contribution in [0.25, 0.3) is 0 Å². The Bertz CT molecular complexity index is 1130. The number of carbonyl (C=O) groups excluding carboxylic acids is 2. The molecule has 32 heavy (non-hydrogen) atoms. The van der Waals surface area contributed by atoms with Gasteiger partial charge in [-0.05, 0) is 37.4 Å². The number of nitrogens with one attached hydrogen (secondary N) is 2.